The van der Waals surface area contributed by atoms with Crippen LogP contribution in [0.5, 0.6) is 0 Å². The van der Waals surface area contributed by atoms with Crippen LogP contribution in [-0.4, -0.2) is 32.0 Å². The molecule has 0 aromatic heterocycles. The summed E-state index contributed by atoms with van der Waals surface area (Å²) < 4.78 is 11.8. The van der Waals surface area contributed by atoms with Gasteiger partial charge in [-0.25, -0.2) is 0 Å². The van der Waals surface area contributed by atoms with Gasteiger partial charge in [0, 0.05) is 24.0 Å². The molecule has 4 heteroatoms. The van der Waals surface area contributed by atoms with Crippen molar-refractivity contribution >= 4 is 23.5 Å². The van der Waals surface area contributed by atoms with Crippen molar-refractivity contribution in [1.82, 2.24) is 0 Å². The number of rotatable bonds is 3. The molecule has 76 valence electrons. The van der Waals surface area contributed by atoms with E-state index in [0.29, 0.717) is 0 Å². The smallest absolute Gasteiger partial charge is 0.180 e. The van der Waals surface area contributed by atoms with E-state index in [1.54, 1.807) is 14.2 Å². The van der Waals surface area contributed by atoms with Crippen molar-refractivity contribution in [3.05, 3.63) is 9.81 Å². The van der Waals surface area contributed by atoms with Gasteiger partial charge >= 0.3 is 0 Å². The highest BCUT2D eigenvalue weighted by Gasteiger charge is 2.16. The maximum absolute atomic E-state index is 5.21. The van der Waals surface area contributed by atoms with Crippen LogP contribution >= 0.6 is 23.5 Å². The molecule has 0 aromatic carbocycles. The summed E-state index contributed by atoms with van der Waals surface area (Å²) >= 11 is 3.83. The fourth-order valence-electron chi connectivity index (χ4n) is 1.20. The van der Waals surface area contributed by atoms with Crippen LogP contribution in [0.3, 0.4) is 0 Å². The van der Waals surface area contributed by atoms with Gasteiger partial charge in [0.15, 0.2) is 6.29 Å². The van der Waals surface area contributed by atoms with E-state index in [9.17, 15) is 0 Å². The first-order valence-electron chi connectivity index (χ1n) is 4.31. The summed E-state index contributed by atoms with van der Waals surface area (Å²) in [6.07, 6.45) is 1.13. The van der Waals surface area contributed by atoms with Gasteiger partial charge in [0.25, 0.3) is 0 Å². The third-order valence-electron chi connectivity index (χ3n) is 1.86. The molecule has 0 unspecified atom stereocenters. The van der Waals surface area contributed by atoms with Crippen LogP contribution in [0.15, 0.2) is 9.81 Å². The molecule has 1 saturated heterocycles. The Balaban J connectivity index is 2.63. The molecule has 2 nitrogen and oxygen atoms in total. The molecule has 1 fully saturated rings. The van der Waals surface area contributed by atoms with E-state index in [0.717, 1.165) is 0 Å². The molecular formula is C9H16O2S2. The quantitative estimate of drug-likeness (QED) is 0.680. The lowest BCUT2D eigenvalue weighted by Crippen LogP contribution is -2.15. The van der Waals surface area contributed by atoms with E-state index in [2.05, 4.69) is 6.92 Å². The number of hydrogen-bond acceptors (Lipinski definition) is 4. The Kier molecular flexibility index (Phi) is 5.24. The average molecular weight is 220 g/mol. The molecule has 0 aliphatic carbocycles. The van der Waals surface area contributed by atoms with Gasteiger partial charge < -0.3 is 9.47 Å². The predicted molar refractivity (Wildman–Crippen MR) is 60.0 cm³/mol. The first kappa shape index (κ1) is 11.4. The molecule has 0 bridgehead atoms. The number of thioether (sulfide) groups is 2. The van der Waals surface area contributed by atoms with Gasteiger partial charge in [-0.3, -0.25) is 0 Å². The SMILES string of the molecule is COC(OC)C(C)=C1SCCCS1. The third kappa shape index (κ3) is 3.20. The lowest BCUT2D eigenvalue weighted by atomic mass is 10.3. The maximum atomic E-state index is 5.21. The summed E-state index contributed by atoms with van der Waals surface area (Å²) in [5.74, 6) is 2.44. The first-order chi connectivity index (χ1) is 6.29. The van der Waals surface area contributed by atoms with E-state index in [1.807, 2.05) is 23.5 Å². The Labute approximate surface area is 88.4 Å². The Morgan fingerprint density at radius 3 is 2.23 bits per heavy atom. The minimum Gasteiger partial charge on any atom is -0.352 e. The van der Waals surface area contributed by atoms with Gasteiger partial charge in [-0.15, -0.1) is 23.5 Å². The Morgan fingerprint density at radius 1 is 1.23 bits per heavy atom. The van der Waals surface area contributed by atoms with Crippen molar-refractivity contribution in [1.29, 1.82) is 0 Å². The monoisotopic (exact) mass is 220 g/mol. The Morgan fingerprint density at radius 2 is 1.77 bits per heavy atom. The van der Waals surface area contributed by atoms with Gasteiger partial charge in [0.2, 0.25) is 0 Å². The number of methoxy groups -OCH3 is 2. The minimum absolute atomic E-state index is 0.173. The lowest BCUT2D eigenvalue weighted by molar-refractivity contribution is -0.0746. The molecule has 1 aliphatic heterocycles. The summed E-state index contributed by atoms with van der Waals surface area (Å²) in [6, 6.07) is 0. The zero-order valence-corrected chi connectivity index (χ0v) is 9.96. The third-order valence-corrected chi connectivity index (χ3v) is 4.72. The summed E-state index contributed by atoms with van der Waals surface area (Å²) in [5, 5.41) is 0. The number of hydrogen-bond donors (Lipinski definition) is 0. The van der Waals surface area contributed by atoms with Crippen LogP contribution in [0.2, 0.25) is 0 Å². The predicted octanol–water partition coefficient (Wildman–Crippen LogP) is 2.71. The van der Waals surface area contributed by atoms with E-state index in [4.69, 9.17) is 9.47 Å². The normalized spacial score (nSPS) is 18.0. The zero-order chi connectivity index (χ0) is 9.68. The van der Waals surface area contributed by atoms with Gasteiger partial charge in [-0.05, 0) is 24.9 Å². The van der Waals surface area contributed by atoms with Crippen molar-refractivity contribution in [3.8, 4) is 0 Å². The Bertz CT molecular complexity index is 180. The van der Waals surface area contributed by atoms with E-state index < -0.39 is 0 Å². The van der Waals surface area contributed by atoms with Crippen LogP contribution in [0, 0.1) is 0 Å². The second-order valence-corrected chi connectivity index (χ2v) is 5.29. The van der Waals surface area contributed by atoms with Crippen LogP contribution in [0.1, 0.15) is 13.3 Å². The highest BCUT2D eigenvalue weighted by atomic mass is 32.2. The molecule has 0 atom stereocenters. The van der Waals surface area contributed by atoms with Crippen molar-refractivity contribution < 1.29 is 9.47 Å². The number of ether oxygens (including phenoxy) is 2. The van der Waals surface area contributed by atoms with Gasteiger partial charge in [-0.2, -0.15) is 0 Å². The highest BCUT2D eigenvalue weighted by Crippen LogP contribution is 2.38. The van der Waals surface area contributed by atoms with Crippen molar-refractivity contribution in [2.24, 2.45) is 0 Å². The highest BCUT2D eigenvalue weighted by molar-refractivity contribution is 8.22. The summed E-state index contributed by atoms with van der Waals surface area (Å²) in [7, 11) is 3.35. The Hall–Kier alpha value is 0.360. The van der Waals surface area contributed by atoms with Crippen molar-refractivity contribution in [3.63, 3.8) is 0 Å². The molecule has 0 saturated carbocycles. The second-order valence-electron chi connectivity index (χ2n) is 2.82. The lowest BCUT2D eigenvalue weighted by Gasteiger charge is -2.20. The molecule has 1 aliphatic rings. The van der Waals surface area contributed by atoms with Crippen LogP contribution in [0.4, 0.5) is 0 Å². The van der Waals surface area contributed by atoms with Crippen molar-refractivity contribution in [2.75, 3.05) is 25.7 Å². The summed E-state index contributed by atoms with van der Waals surface area (Å²) in [5.41, 5.74) is 1.21. The second kappa shape index (κ2) is 5.96. The molecule has 0 N–H and O–H groups in total. The molecule has 13 heavy (non-hydrogen) atoms. The van der Waals surface area contributed by atoms with E-state index >= 15 is 0 Å². The molecule has 1 rings (SSSR count). The van der Waals surface area contributed by atoms with Gasteiger partial charge in [0.1, 0.15) is 0 Å². The first-order valence-corrected chi connectivity index (χ1v) is 6.28. The molecular weight excluding hydrogens is 204 g/mol. The van der Waals surface area contributed by atoms with Crippen LogP contribution in [-0.2, 0) is 9.47 Å². The average Bonchev–Trinajstić information content (AvgIpc) is 2.21. The van der Waals surface area contributed by atoms with E-state index in [1.165, 1.54) is 27.7 Å². The summed E-state index contributed by atoms with van der Waals surface area (Å²) in [4.78, 5) is 0. The molecule has 0 amide bonds. The van der Waals surface area contributed by atoms with Crippen molar-refractivity contribution in [2.45, 2.75) is 19.6 Å². The topological polar surface area (TPSA) is 18.5 Å². The largest absolute Gasteiger partial charge is 0.352 e. The molecule has 0 spiro atoms. The fourth-order valence-corrected chi connectivity index (χ4v) is 3.82. The van der Waals surface area contributed by atoms with Crippen LogP contribution in [0.25, 0.3) is 0 Å². The van der Waals surface area contributed by atoms with Gasteiger partial charge in [-0.1, -0.05) is 0 Å². The van der Waals surface area contributed by atoms with Gasteiger partial charge in [0.05, 0.1) is 0 Å². The molecule has 1 heterocycles. The fraction of sp³-hybridized carbons (Fsp3) is 0.778. The van der Waals surface area contributed by atoms with Crippen LogP contribution < -0.4 is 0 Å². The molecule has 0 aromatic rings. The maximum Gasteiger partial charge on any atom is 0.180 e. The molecule has 0 radical (unpaired) electrons. The zero-order valence-electron chi connectivity index (χ0n) is 8.33. The minimum atomic E-state index is -0.173. The summed E-state index contributed by atoms with van der Waals surface area (Å²) in [6.45, 7) is 2.08. The standard InChI is InChI=1S/C9H16O2S2/c1-7(8(10-2)11-3)9-12-5-4-6-13-9/h8H,4-6H2,1-3H3. The van der Waals surface area contributed by atoms with E-state index in [-0.39, 0.29) is 6.29 Å².